The van der Waals surface area contributed by atoms with Crippen LogP contribution in [0.3, 0.4) is 0 Å². The van der Waals surface area contributed by atoms with Crippen molar-refractivity contribution in [2.45, 2.75) is 36.6 Å². The van der Waals surface area contributed by atoms with Gasteiger partial charge in [0.25, 0.3) is 0 Å². The molecule has 0 rings (SSSR count). The third-order valence-corrected chi connectivity index (χ3v) is 4.90. The number of nitrogens with two attached hydrogens (primary N) is 1. The molecule has 0 aliphatic rings. The van der Waals surface area contributed by atoms with Crippen LogP contribution in [0, 0.1) is 0 Å². The molecule has 0 saturated carbocycles. The van der Waals surface area contributed by atoms with Crippen LogP contribution in [0.25, 0.3) is 0 Å². The zero-order valence-corrected chi connectivity index (χ0v) is 12.2. The Morgan fingerprint density at radius 1 is 1.13 bits per heavy atom. The van der Waals surface area contributed by atoms with Crippen LogP contribution in [0.5, 0.6) is 0 Å². The Kier molecular flexibility index (Phi) is 33.5. The van der Waals surface area contributed by atoms with Crippen LogP contribution in [0.4, 0.5) is 0 Å². The second-order valence-corrected chi connectivity index (χ2v) is 6.83. The van der Waals surface area contributed by atoms with E-state index >= 15 is 0 Å². The van der Waals surface area contributed by atoms with Crippen molar-refractivity contribution in [3.63, 3.8) is 0 Å². The minimum atomic E-state index is -1.03. The molecule has 0 saturated heterocycles. The second kappa shape index (κ2) is 24.0. The summed E-state index contributed by atoms with van der Waals surface area (Å²) in [5.74, 6) is 0. The van der Waals surface area contributed by atoms with Crippen molar-refractivity contribution in [3.8, 4) is 0 Å². The van der Waals surface area contributed by atoms with E-state index in [1.54, 1.807) is 13.8 Å². The summed E-state index contributed by atoms with van der Waals surface area (Å²) < 4.78 is 7.84. The summed E-state index contributed by atoms with van der Waals surface area (Å²) in [6.07, 6.45) is 1.15. The second-order valence-electron chi connectivity index (χ2n) is 2.62. The molecule has 0 atom stereocenters. The fourth-order valence-corrected chi connectivity index (χ4v) is 2.98. The molecule has 0 fully saturated rings. The molecular formula is C10H28NO3Ti. The summed E-state index contributed by atoms with van der Waals surface area (Å²) in [5, 5.41) is 15.1. The van der Waals surface area contributed by atoms with Gasteiger partial charge in [-0.3, -0.25) is 0 Å². The standard InChI is InChI=1S/C3H8N.2C2H6O.C2H5.CH3O.Ti/c1-2-3-4;2*1-2-3;2*1-2;/h1-4H2;2*3H,2H2,1H3;1H2,2H3;1H3;/q;;;;-1;+1. The summed E-state index contributed by atoms with van der Waals surface area (Å²) in [6, 6.07) is 0. The van der Waals surface area contributed by atoms with Gasteiger partial charge < -0.3 is 10.2 Å². The van der Waals surface area contributed by atoms with Gasteiger partial charge in [0.2, 0.25) is 0 Å². The molecule has 0 spiro atoms. The molecule has 0 heterocycles. The van der Waals surface area contributed by atoms with Gasteiger partial charge in [0.05, 0.1) is 0 Å². The van der Waals surface area contributed by atoms with Crippen molar-refractivity contribution in [2.24, 2.45) is 5.73 Å². The third-order valence-electron chi connectivity index (χ3n) is 1.34. The molecule has 5 heteroatoms. The Morgan fingerprint density at radius 2 is 1.53 bits per heavy atom. The maximum atomic E-state index is 7.57. The topological polar surface area (TPSA) is 75.7 Å². The van der Waals surface area contributed by atoms with E-state index in [9.17, 15) is 0 Å². The van der Waals surface area contributed by atoms with Crippen molar-refractivity contribution in [1.82, 2.24) is 0 Å². The molecule has 95 valence electrons. The predicted octanol–water partition coefficient (Wildman–Crippen LogP) is 1.37. The number of hydrogen-bond donors (Lipinski definition) is 3. The fourth-order valence-electron chi connectivity index (χ4n) is 0.722. The van der Waals surface area contributed by atoms with E-state index in [0.29, 0.717) is 0 Å². The summed E-state index contributed by atoms with van der Waals surface area (Å²) in [5.41, 5.74) is 5.36. The van der Waals surface area contributed by atoms with Crippen molar-refractivity contribution >= 4 is 0 Å². The molecule has 0 aliphatic carbocycles. The van der Waals surface area contributed by atoms with Crippen LogP contribution >= 0.6 is 0 Å². The molecule has 0 amide bonds. The van der Waals surface area contributed by atoms with Crippen molar-refractivity contribution in [1.29, 1.82) is 0 Å². The predicted molar refractivity (Wildman–Crippen MR) is 61.5 cm³/mol. The van der Waals surface area contributed by atoms with Gasteiger partial charge in [0.15, 0.2) is 0 Å². The summed E-state index contributed by atoms with van der Waals surface area (Å²) in [4.78, 5) is 0. The molecule has 0 aromatic rings. The number of hydrogen-bond acceptors (Lipinski definition) is 4. The summed E-state index contributed by atoms with van der Waals surface area (Å²) >= 11 is -1.03. The first-order valence-corrected chi connectivity index (χ1v) is 8.33. The Bertz CT molecular complexity index is 81.1. The zero-order chi connectivity index (χ0) is 12.5. The maximum absolute atomic E-state index is 7.57. The molecular weight excluding hydrogens is 230 g/mol. The number of aliphatic hydroxyl groups excluding tert-OH is 2. The van der Waals surface area contributed by atoms with Gasteiger partial charge in [-0.2, -0.15) is 0 Å². The first-order valence-electron chi connectivity index (χ1n) is 5.48. The van der Waals surface area contributed by atoms with Crippen LogP contribution in [-0.4, -0.2) is 37.1 Å². The van der Waals surface area contributed by atoms with Crippen LogP contribution < -0.4 is 5.73 Å². The van der Waals surface area contributed by atoms with E-state index in [4.69, 9.17) is 19.3 Å². The van der Waals surface area contributed by atoms with Crippen LogP contribution in [0.15, 0.2) is 0 Å². The number of aliphatic hydroxyl groups is 2. The minimum absolute atomic E-state index is 0.250. The summed E-state index contributed by atoms with van der Waals surface area (Å²) in [7, 11) is 1.83. The Balaban J connectivity index is -0.000000200. The van der Waals surface area contributed by atoms with E-state index in [-0.39, 0.29) is 13.2 Å². The van der Waals surface area contributed by atoms with Gasteiger partial charge in [0, 0.05) is 13.2 Å². The van der Waals surface area contributed by atoms with Gasteiger partial charge in [-0.25, -0.2) is 0 Å². The van der Waals surface area contributed by atoms with E-state index in [0.717, 1.165) is 13.0 Å². The van der Waals surface area contributed by atoms with Crippen molar-refractivity contribution in [3.05, 3.63) is 0 Å². The van der Waals surface area contributed by atoms with Crippen LogP contribution in [-0.2, 0) is 21.6 Å². The molecule has 15 heavy (non-hydrogen) atoms. The number of rotatable bonds is 5. The molecule has 0 aliphatic heterocycles. The fraction of sp³-hybridized carbons (Fsp3) is 1.00. The van der Waals surface area contributed by atoms with Gasteiger partial charge in [-0.15, -0.1) is 0 Å². The van der Waals surface area contributed by atoms with Gasteiger partial charge in [0.1, 0.15) is 0 Å². The SMILES string of the molecule is CCO.CCO.C[CH2][Ti]([CH2]CCN)[O]C. The third kappa shape index (κ3) is 31.3. The molecule has 0 aromatic carbocycles. The van der Waals surface area contributed by atoms with Crippen molar-refractivity contribution < 1.29 is 31.8 Å². The Hall–Kier alpha value is 0.554. The average molecular weight is 258 g/mol. The molecule has 0 bridgehead atoms. The van der Waals surface area contributed by atoms with E-state index in [2.05, 4.69) is 6.92 Å². The van der Waals surface area contributed by atoms with E-state index in [1.165, 1.54) is 9.45 Å². The molecule has 0 radical (unpaired) electrons. The quantitative estimate of drug-likeness (QED) is 0.651. The van der Waals surface area contributed by atoms with Gasteiger partial charge in [-0.1, -0.05) is 0 Å². The molecule has 0 unspecified atom stereocenters. The monoisotopic (exact) mass is 258 g/mol. The van der Waals surface area contributed by atoms with E-state index < -0.39 is 18.3 Å². The molecule has 0 aromatic heterocycles. The zero-order valence-electron chi connectivity index (χ0n) is 10.6. The van der Waals surface area contributed by atoms with Crippen molar-refractivity contribution in [2.75, 3.05) is 26.9 Å². The van der Waals surface area contributed by atoms with Crippen LogP contribution in [0.1, 0.15) is 27.2 Å². The first kappa shape index (κ1) is 20.9. The molecule has 4 N–H and O–H groups in total. The summed E-state index contributed by atoms with van der Waals surface area (Å²) in [6.45, 7) is 6.88. The normalized spacial score (nSPS) is 8.20. The van der Waals surface area contributed by atoms with E-state index in [1.807, 2.05) is 7.11 Å². The average Bonchev–Trinajstić information content (AvgIpc) is 2.22. The van der Waals surface area contributed by atoms with Gasteiger partial charge >= 0.3 is 63.8 Å². The Labute approximate surface area is 101 Å². The van der Waals surface area contributed by atoms with Crippen LogP contribution in [0.2, 0.25) is 9.45 Å². The first-order chi connectivity index (χ1) is 7.17. The van der Waals surface area contributed by atoms with Gasteiger partial charge in [-0.05, 0) is 13.8 Å². The Morgan fingerprint density at radius 3 is 1.73 bits per heavy atom. The molecule has 4 nitrogen and oxygen atoms in total.